The third-order valence-electron chi connectivity index (χ3n) is 3.31. The molecule has 0 unspecified atom stereocenters. The van der Waals surface area contributed by atoms with E-state index in [2.05, 4.69) is 5.10 Å². The lowest BCUT2D eigenvalue weighted by Gasteiger charge is -2.09. The molecule has 3 aromatic rings. The quantitative estimate of drug-likeness (QED) is 0.801. The van der Waals surface area contributed by atoms with Gasteiger partial charge in [-0.3, -0.25) is 4.79 Å². The number of pyridine rings is 1. The van der Waals surface area contributed by atoms with Gasteiger partial charge >= 0.3 is 5.97 Å². The van der Waals surface area contributed by atoms with E-state index >= 15 is 0 Å². The predicted octanol–water partition coefficient (Wildman–Crippen LogP) is 1.94. The third kappa shape index (κ3) is 2.42. The van der Waals surface area contributed by atoms with Crippen molar-refractivity contribution in [3.8, 4) is 16.8 Å². The summed E-state index contributed by atoms with van der Waals surface area (Å²) in [5.74, 6) is -1.03. The molecule has 0 fully saturated rings. The summed E-state index contributed by atoms with van der Waals surface area (Å²) in [6.07, 6.45) is 6.64. The minimum Gasteiger partial charge on any atom is -0.478 e. The van der Waals surface area contributed by atoms with Gasteiger partial charge in [-0.25, -0.2) is 9.48 Å². The zero-order chi connectivity index (χ0) is 15.7. The second-order valence-corrected chi connectivity index (χ2v) is 4.89. The van der Waals surface area contributed by atoms with Crippen LogP contribution in [0.15, 0.2) is 59.9 Å². The van der Waals surface area contributed by atoms with Crippen LogP contribution in [-0.2, 0) is 7.05 Å². The maximum absolute atomic E-state index is 12.7. The van der Waals surface area contributed by atoms with Crippen molar-refractivity contribution in [2.45, 2.75) is 0 Å². The van der Waals surface area contributed by atoms with Gasteiger partial charge < -0.3 is 9.67 Å². The summed E-state index contributed by atoms with van der Waals surface area (Å²) in [5.41, 5.74) is 1.34. The highest BCUT2D eigenvalue weighted by Gasteiger charge is 2.12. The molecule has 0 aliphatic rings. The van der Waals surface area contributed by atoms with E-state index in [-0.39, 0.29) is 11.0 Å². The zero-order valence-corrected chi connectivity index (χ0v) is 11.8. The Bertz CT molecular complexity index is 895. The number of aryl methyl sites for hydroxylation is 1. The second kappa shape index (κ2) is 5.33. The van der Waals surface area contributed by atoms with Crippen molar-refractivity contribution in [2.75, 3.05) is 0 Å². The maximum atomic E-state index is 12.7. The first kappa shape index (κ1) is 13.8. The first-order valence-corrected chi connectivity index (χ1v) is 6.60. The summed E-state index contributed by atoms with van der Waals surface area (Å²) in [6, 6.07) is 8.06. The normalized spacial score (nSPS) is 10.6. The lowest BCUT2D eigenvalue weighted by atomic mass is 10.0. The van der Waals surface area contributed by atoms with Gasteiger partial charge in [0.05, 0.1) is 5.56 Å². The molecule has 2 heterocycles. The Kier molecular flexibility index (Phi) is 3.34. The van der Waals surface area contributed by atoms with Crippen LogP contribution in [-0.4, -0.2) is 25.4 Å². The monoisotopic (exact) mass is 295 g/mol. The van der Waals surface area contributed by atoms with E-state index in [1.807, 2.05) is 0 Å². The fourth-order valence-corrected chi connectivity index (χ4v) is 2.29. The number of nitrogens with zero attached hydrogens (tertiary/aromatic N) is 3. The standard InChI is InChI=1S/C16H13N3O3/c1-18-9-13(11-4-2-5-12(8-11)16(21)22)15(20)14(10-18)19-7-3-6-17-19/h2-10H,1H3,(H,21,22). The van der Waals surface area contributed by atoms with Crippen LogP contribution < -0.4 is 5.43 Å². The molecule has 22 heavy (non-hydrogen) atoms. The van der Waals surface area contributed by atoms with Crippen LogP contribution in [0.5, 0.6) is 0 Å². The van der Waals surface area contributed by atoms with E-state index in [0.717, 1.165) is 0 Å². The van der Waals surface area contributed by atoms with Crippen molar-refractivity contribution in [2.24, 2.45) is 7.05 Å². The number of hydrogen-bond donors (Lipinski definition) is 1. The average Bonchev–Trinajstić information content (AvgIpc) is 3.03. The first-order valence-electron chi connectivity index (χ1n) is 6.60. The van der Waals surface area contributed by atoms with Crippen LogP contribution in [0.3, 0.4) is 0 Å². The Morgan fingerprint density at radius 1 is 1.23 bits per heavy atom. The summed E-state index contributed by atoms with van der Waals surface area (Å²) in [4.78, 5) is 23.8. The smallest absolute Gasteiger partial charge is 0.335 e. The van der Waals surface area contributed by atoms with E-state index in [1.54, 1.807) is 54.6 Å². The third-order valence-corrected chi connectivity index (χ3v) is 3.31. The maximum Gasteiger partial charge on any atom is 0.335 e. The number of hydrogen-bond acceptors (Lipinski definition) is 3. The Hall–Kier alpha value is -3.15. The SMILES string of the molecule is Cn1cc(-c2cccc(C(=O)O)c2)c(=O)c(-n2cccn2)c1. The van der Waals surface area contributed by atoms with Gasteiger partial charge in [-0.2, -0.15) is 5.10 Å². The Labute approximate surface area is 125 Å². The lowest BCUT2D eigenvalue weighted by Crippen LogP contribution is -2.16. The fraction of sp³-hybridized carbons (Fsp3) is 0.0625. The van der Waals surface area contributed by atoms with Crippen molar-refractivity contribution in [1.82, 2.24) is 14.3 Å². The second-order valence-electron chi connectivity index (χ2n) is 4.89. The first-order chi connectivity index (χ1) is 10.6. The van der Waals surface area contributed by atoms with Crippen LogP contribution in [0.1, 0.15) is 10.4 Å². The van der Waals surface area contributed by atoms with Crippen molar-refractivity contribution < 1.29 is 9.90 Å². The Morgan fingerprint density at radius 2 is 2.05 bits per heavy atom. The number of rotatable bonds is 3. The van der Waals surface area contributed by atoms with Crippen LogP contribution in [0.2, 0.25) is 0 Å². The minimum absolute atomic E-state index is 0.143. The van der Waals surface area contributed by atoms with E-state index in [1.165, 1.54) is 16.8 Å². The highest BCUT2D eigenvalue weighted by atomic mass is 16.4. The van der Waals surface area contributed by atoms with Gasteiger partial charge in [0.25, 0.3) is 0 Å². The van der Waals surface area contributed by atoms with Crippen molar-refractivity contribution in [3.63, 3.8) is 0 Å². The molecule has 1 aromatic carbocycles. The highest BCUT2D eigenvalue weighted by molar-refractivity contribution is 5.89. The number of benzene rings is 1. The molecule has 3 rings (SSSR count). The fourth-order valence-electron chi connectivity index (χ4n) is 2.29. The number of carboxylic acid groups (broad SMARTS) is 1. The largest absolute Gasteiger partial charge is 0.478 e. The molecule has 0 aliphatic carbocycles. The van der Waals surface area contributed by atoms with E-state index in [4.69, 9.17) is 5.11 Å². The summed E-state index contributed by atoms with van der Waals surface area (Å²) < 4.78 is 3.24. The van der Waals surface area contributed by atoms with Gasteiger partial charge in [-0.1, -0.05) is 12.1 Å². The minimum atomic E-state index is -1.03. The molecule has 6 heteroatoms. The molecule has 0 radical (unpaired) electrons. The highest BCUT2D eigenvalue weighted by Crippen LogP contribution is 2.18. The lowest BCUT2D eigenvalue weighted by molar-refractivity contribution is 0.0697. The Balaban J connectivity index is 2.22. The predicted molar refractivity (Wildman–Crippen MR) is 81.2 cm³/mol. The molecule has 0 amide bonds. The number of aromatic nitrogens is 3. The summed E-state index contributed by atoms with van der Waals surface area (Å²) in [5, 5.41) is 13.2. The summed E-state index contributed by atoms with van der Waals surface area (Å²) >= 11 is 0. The van der Waals surface area contributed by atoms with E-state index in [0.29, 0.717) is 16.8 Å². The molecular formula is C16H13N3O3. The molecule has 0 aliphatic heterocycles. The molecule has 1 N–H and O–H groups in total. The van der Waals surface area contributed by atoms with Crippen molar-refractivity contribution in [3.05, 3.63) is 70.9 Å². The number of aromatic carboxylic acids is 1. The molecular weight excluding hydrogens is 282 g/mol. The van der Waals surface area contributed by atoms with Crippen LogP contribution in [0.4, 0.5) is 0 Å². The van der Waals surface area contributed by atoms with Crippen LogP contribution in [0.25, 0.3) is 16.8 Å². The van der Waals surface area contributed by atoms with Crippen LogP contribution >= 0.6 is 0 Å². The van der Waals surface area contributed by atoms with Gasteiger partial charge in [-0.05, 0) is 23.8 Å². The number of carbonyl (C=O) groups is 1. The molecule has 0 saturated carbocycles. The summed E-state index contributed by atoms with van der Waals surface area (Å²) in [6.45, 7) is 0. The molecule has 2 aromatic heterocycles. The molecule has 0 bridgehead atoms. The molecule has 110 valence electrons. The summed E-state index contributed by atoms with van der Waals surface area (Å²) in [7, 11) is 1.80. The van der Waals surface area contributed by atoms with Gasteiger partial charge in [0.1, 0.15) is 5.69 Å². The number of carboxylic acids is 1. The van der Waals surface area contributed by atoms with Gasteiger partial charge in [0, 0.05) is 37.4 Å². The van der Waals surface area contributed by atoms with E-state index < -0.39 is 5.97 Å². The van der Waals surface area contributed by atoms with Gasteiger partial charge in [-0.15, -0.1) is 0 Å². The van der Waals surface area contributed by atoms with Crippen LogP contribution in [0, 0.1) is 0 Å². The topological polar surface area (TPSA) is 77.1 Å². The van der Waals surface area contributed by atoms with Crippen molar-refractivity contribution >= 4 is 5.97 Å². The molecule has 6 nitrogen and oxygen atoms in total. The molecule has 0 atom stereocenters. The molecule has 0 saturated heterocycles. The molecule has 0 spiro atoms. The average molecular weight is 295 g/mol. The van der Waals surface area contributed by atoms with Crippen molar-refractivity contribution in [1.29, 1.82) is 0 Å². The Morgan fingerprint density at radius 3 is 2.73 bits per heavy atom. The van der Waals surface area contributed by atoms with E-state index in [9.17, 15) is 9.59 Å². The van der Waals surface area contributed by atoms with Gasteiger partial charge in [0.15, 0.2) is 0 Å². The zero-order valence-electron chi connectivity index (χ0n) is 11.8. The van der Waals surface area contributed by atoms with Gasteiger partial charge in [0.2, 0.25) is 5.43 Å².